The number of aliphatic hydroxyl groups is 1. The minimum Gasteiger partial charge on any atom is -0.490 e. The van der Waals surface area contributed by atoms with Crippen LogP contribution in [0.25, 0.3) is 0 Å². The average Bonchev–Trinajstić information content (AvgIpc) is 2.52. The lowest BCUT2D eigenvalue weighted by atomic mass is 9.92. The summed E-state index contributed by atoms with van der Waals surface area (Å²) in [7, 11) is 0. The zero-order valence-electron chi connectivity index (χ0n) is 16.0. The quantitative estimate of drug-likeness (QED) is 0.906. The van der Waals surface area contributed by atoms with Crippen molar-refractivity contribution in [1.82, 2.24) is 9.78 Å². The minimum absolute atomic E-state index is 0.104. The maximum absolute atomic E-state index is 12.0. The van der Waals surface area contributed by atoms with E-state index in [1.54, 1.807) is 6.07 Å². The fraction of sp³-hybridized carbons (Fsp3) is 0.500. The van der Waals surface area contributed by atoms with Crippen LogP contribution < -0.4 is 10.3 Å². The van der Waals surface area contributed by atoms with Gasteiger partial charge in [-0.1, -0.05) is 32.9 Å². The first-order valence-electron chi connectivity index (χ1n) is 8.56. The van der Waals surface area contributed by atoms with Gasteiger partial charge in [0.05, 0.1) is 12.2 Å². The number of aromatic nitrogens is 2. The predicted octanol–water partition coefficient (Wildman–Crippen LogP) is 2.91. The summed E-state index contributed by atoms with van der Waals surface area (Å²) >= 11 is 0. The highest BCUT2D eigenvalue weighted by atomic mass is 16.5. The van der Waals surface area contributed by atoms with Crippen molar-refractivity contribution < 1.29 is 9.84 Å². The summed E-state index contributed by atoms with van der Waals surface area (Å²) < 4.78 is 7.14. The molecule has 1 unspecified atom stereocenters. The summed E-state index contributed by atoms with van der Waals surface area (Å²) in [5.74, 6) is 0.794. The van der Waals surface area contributed by atoms with Crippen molar-refractivity contribution in [2.75, 3.05) is 6.61 Å². The highest BCUT2D eigenvalue weighted by Crippen LogP contribution is 2.25. The lowest BCUT2D eigenvalue weighted by molar-refractivity contribution is 0.0869. The summed E-state index contributed by atoms with van der Waals surface area (Å²) in [5, 5.41) is 14.7. The molecule has 0 saturated heterocycles. The SMILES string of the molecule is Cc1ccc(C)c(OCC(O)Cn2nc(C(C)(C)C)ccc2=O)c1C. The largest absolute Gasteiger partial charge is 0.490 e. The zero-order valence-corrected chi connectivity index (χ0v) is 16.0. The van der Waals surface area contributed by atoms with Gasteiger partial charge in [-0.3, -0.25) is 4.79 Å². The van der Waals surface area contributed by atoms with Crippen LogP contribution in [0.3, 0.4) is 0 Å². The van der Waals surface area contributed by atoms with Crippen molar-refractivity contribution in [2.45, 2.75) is 59.6 Å². The molecular formula is C20H28N2O3. The monoisotopic (exact) mass is 344 g/mol. The maximum atomic E-state index is 12.0. The van der Waals surface area contributed by atoms with Crippen molar-refractivity contribution in [3.8, 4) is 5.75 Å². The summed E-state index contributed by atoms with van der Waals surface area (Å²) in [4.78, 5) is 12.0. The third-order valence-corrected chi connectivity index (χ3v) is 4.31. The van der Waals surface area contributed by atoms with E-state index in [1.165, 1.54) is 10.7 Å². The molecule has 0 bridgehead atoms. The van der Waals surface area contributed by atoms with Gasteiger partial charge in [0.2, 0.25) is 0 Å². The van der Waals surface area contributed by atoms with Crippen LogP contribution in [0.2, 0.25) is 0 Å². The number of hydrogen-bond donors (Lipinski definition) is 1. The van der Waals surface area contributed by atoms with Crippen molar-refractivity contribution in [2.24, 2.45) is 0 Å². The number of nitrogens with zero attached hydrogens (tertiary/aromatic N) is 2. The Morgan fingerprint density at radius 1 is 1.12 bits per heavy atom. The normalized spacial score (nSPS) is 12.9. The Balaban J connectivity index is 2.10. The lowest BCUT2D eigenvalue weighted by Crippen LogP contribution is -2.33. The fourth-order valence-electron chi connectivity index (χ4n) is 2.56. The molecule has 0 aliphatic rings. The molecule has 1 N–H and O–H groups in total. The highest BCUT2D eigenvalue weighted by molar-refractivity contribution is 5.44. The highest BCUT2D eigenvalue weighted by Gasteiger charge is 2.18. The molecule has 0 amide bonds. The first-order chi connectivity index (χ1) is 11.6. The number of benzene rings is 1. The Kier molecular flexibility index (Phi) is 5.68. The van der Waals surface area contributed by atoms with Crippen LogP contribution in [0, 0.1) is 20.8 Å². The van der Waals surface area contributed by atoms with E-state index >= 15 is 0 Å². The van der Waals surface area contributed by atoms with Gasteiger partial charge in [-0.25, -0.2) is 4.68 Å². The van der Waals surface area contributed by atoms with Gasteiger partial charge < -0.3 is 9.84 Å². The summed E-state index contributed by atoms with van der Waals surface area (Å²) in [6.07, 6.45) is -0.820. The first-order valence-corrected chi connectivity index (χ1v) is 8.56. The average molecular weight is 344 g/mol. The van der Waals surface area contributed by atoms with E-state index in [-0.39, 0.29) is 24.1 Å². The lowest BCUT2D eigenvalue weighted by Gasteiger charge is -2.20. The molecule has 1 aromatic heterocycles. The Labute approximate surface area is 149 Å². The van der Waals surface area contributed by atoms with Gasteiger partial charge in [0.1, 0.15) is 18.5 Å². The molecule has 5 heteroatoms. The third kappa shape index (κ3) is 4.69. The molecule has 5 nitrogen and oxygen atoms in total. The van der Waals surface area contributed by atoms with Crippen LogP contribution in [0.1, 0.15) is 43.2 Å². The fourth-order valence-corrected chi connectivity index (χ4v) is 2.56. The van der Waals surface area contributed by atoms with E-state index < -0.39 is 6.10 Å². The van der Waals surface area contributed by atoms with Crippen molar-refractivity contribution in [1.29, 1.82) is 0 Å². The van der Waals surface area contributed by atoms with Gasteiger partial charge in [0.15, 0.2) is 0 Å². The van der Waals surface area contributed by atoms with Crippen LogP contribution in [0.5, 0.6) is 5.75 Å². The second kappa shape index (κ2) is 7.40. The molecule has 25 heavy (non-hydrogen) atoms. The van der Waals surface area contributed by atoms with Crippen LogP contribution >= 0.6 is 0 Å². The predicted molar refractivity (Wildman–Crippen MR) is 99.4 cm³/mol. The van der Waals surface area contributed by atoms with Gasteiger partial charge in [-0.05, 0) is 43.5 Å². The third-order valence-electron chi connectivity index (χ3n) is 4.31. The molecule has 0 radical (unpaired) electrons. The van der Waals surface area contributed by atoms with Gasteiger partial charge in [0.25, 0.3) is 5.56 Å². The molecule has 0 fully saturated rings. The Hall–Kier alpha value is -2.14. The summed E-state index contributed by atoms with van der Waals surface area (Å²) in [6, 6.07) is 7.29. The Bertz CT molecular complexity index is 804. The van der Waals surface area contributed by atoms with Crippen molar-refractivity contribution >= 4 is 0 Å². The van der Waals surface area contributed by atoms with Gasteiger partial charge in [-0.2, -0.15) is 5.10 Å². The van der Waals surface area contributed by atoms with E-state index in [9.17, 15) is 9.90 Å². The van der Waals surface area contributed by atoms with Crippen LogP contribution in [0.15, 0.2) is 29.1 Å². The molecule has 0 saturated carbocycles. The summed E-state index contributed by atoms with van der Waals surface area (Å²) in [5.41, 5.74) is 3.66. The Morgan fingerprint density at radius 3 is 2.40 bits per heavy atom. The van der Waals surface area contributed by atoms with E-state index in [1.807, 2.05) is 47.6 Å². The molecule has 136 valence electrons. The van der Waals surface area contributed by atoms with E-state index in [2.05, 4.69) is 11.2 Å². The number of rotatable bonds is 5. The molecule has 0 aliphatic heterocycles. The number of hydrogen-bond acceptors (Lipinski definition) is 4. The molecule has 0 aliphatic carbocycles. The molecular weight excluding hydrogens is 316 g/mol. The standard InChI is InChI=1S/C20H28N2O3/c1-13-7-8-14(2)19(15(13)3)25-12-16(23)11-22-18(24)10-9-17(21-22)20(4,5)6/h7-10,16,23H,11-12H2,1-6H3. The van der Waals surface area contributed by atoms with Crippen molar-refractivity contribution in [3.05, 3.63) is 57.0 Å². The van der Waals surface area contributed by atoms with E-state index in [0.29, 0.717) is 0 Å². The van der Waals surface area contributed by atoms with Crippen LogP contribution in [-0.2, 0) is 12.0 Å². The molecule has 1 aromatic carbocycles. The van der Waals surface area contributed by atoms with Crippen LogP contribution in [0.4, 0.5) is 0 Å². The smallest absolute Gasteiger partial charge is 0.266 e. The van der Waals surface area contributed by atoms with Crippen LogP contribution in [-0.4, -0.2) is 27.6 Å². The maximum Gasteiger partial charge on any atom is 0.266 e. The Morgan fingerprint density at radius 2 is 1.76 bits per heavy atom. The van der Waals surface area contributed by atoms with E-state index in [0.717, 1.165) is 28.1 Å². The molecule has 1 atom stereocenters. The van der Waals surface area contributed by atoms with Crippen molar-refractivity contribution in [3.63, 3.8) is 0 Å². The molecule has 0 spiro atoms. The number of aliphatic hydroxyl groups excluding tert-OH is 1. The number of aryl methyl sites for hydroxylation is 2. The van der Waals surface area contributed by atoms with Gasteiger partial charge >= 0.3 is 0 Å². The first kappa shape index (κ1) is 19.2. The summed E-state index contributed by atoms with van der Waals surface area (Å²) in [6.45, 7) is 12.3. The van der Waals surface area contributed by atoms with Gasteiger partial charge in [0, 0.05) is 11.5 Å². The minimum atomic E-state index is -0.820. The van der Waals surface area contributed by atoms with Gasteiger partial charge in [-0.15, -0.1) is 0 Å². The number of ether oxygens (including phenoxy) is 1. The second-order valence-electron chi connectivity index (χ2n) is 7.61. The second-order valence-corrected chi connectivity index (χ2v) is 7.61. The molecule has 1 heterocycles. The zero-order chi connectivity index (χ0) is 18.8. The molecule has 2 aromatic rings. The topological polar surface area (TPSA) is 64.3 Å². The van der Waals surface area contributed by atoms with E-state index in [4.69, 9.17) is 4.74 Å². The molecule has 2 rings (SSSR count).